The van der Waals surface area contributed by atoms with Crippen molar-refractivity contribution in [3.8, 4) is 10.6 Å². The third-order valence-corrected chi connectivity index (χ3v) is 6.65. The van der Waals surface area contributed by atoms with Crippen molar-refractivity contribution in [2.24, 2.45) is 0 Å². The number of rotatable bonds is 7. The first kappa shape index (κ1) is 24.1. The van der Waals surface area contributed by atoms with Gasteiger partial charge in [0, 0.05) is 29.2 Å². The highest BCUT2D eigenvalue weighted by molar-refractivity contribution is 7.17. The highest BCUT2D eigenvalue weighted by atomic mass is 32.1. The molecule has 0 aliphatic carbocycles. The van der Waals surface area contributed by atoms with Gasteiger partial charge in [0.05, 0.1) is 5.69 Å². The van der Waals surface area contributed by atoms with E-state index in [1.807, 2.05) is 93.6 Å². The Morgan fingerprint density at radius 2 is 1.46 bits per heavy atom. The molecule has 0 bridgehead atoms. The van der Waals surface area contributed by atoms with Crippen molar-refractivity contribution in [1.82, 2.24) is 19.9 Å². The van der Waals surface area contributed by atoms with Crippen LogP contribution in [0.1, 0.15) is 26.8 Å². The zero-order chi connectivity index (χ0) is 25.8. The minimum atomic E-state index is -0.176. The largest absolute Gasteiger partial charge is 0.340 e. The van der Waals surface area contributed by atoms with E-state index in [2.05, 4.69) is 35.9 Å². The second-order valence-electron chi connectivity index (χ2n) is 8.49. The number of pyridine rings is 1. The zero-order valence-electron chi connectivity index (χ0n) is 20.6. The number of thiazole rings is 1. The number of carbonyl (C=O) groups excluding carboxylic acids is 1. The minimum Gasteiger partial charge on any atom is -0.340 e. The predicted molar refractivity (Wildman–Crippen MR) is 149 cm³/mol. The van der Waals surface area contributed by atoms with Gasteiger partial charge < -0.3 is 16.0 Å². The summed E-state index contributed by atoms with van der Waals surface area (Å²) in [6.45, 7) is 5.70. The summed E-state index contributed by atoms with van der Waals surface area (Å²) in [6, 6.07) is 23.0. The molecule has 0 aliphatic heterocycles. The molecular weight excluding hydrogens is 482 g/mol. The molecule has 0 saturated heterocycles. The molecule has 0 fully saturated rings. The summed E-state index contributed by atoms with van der Waals surface area (Å²) in [4.78, 5) is 31.3. The fourth-order valence-corrected chi connectivity index (χ4v) is 4.68. The average molecular weight is 508 g/mol. The van der Waals surface area contributed by atoms with Gasteiger partial charge in [0.25, 0.3) is 5.91 Å². The van der Waals surface area contributed by atoms with Gasteiger partial charge in [-0.2, -0.15) is 0 Å². The Labute approximate surface area is 218 Å². The average Bonchev–Trinajstić information content (AvgIpc) is 3.27. The maximum absolute atomic E-state index is 12.9. The predicted octanol–water partition coefficient (Wildman–Crippen LogP) is 6.66. The van der Waals surface area contributed by atoms with E-state index < -0.39 is 0 Å². The Morgan fingerprint density at radius 1 is 0.757 bits per heavy atom. The van der Waals surface area contributed by atoms with Gasteiger partial charge in [-0.25, -0.2) is 19.9 Å². The third-order valence-electron chi connectivity index (χ3n) is 5.45. The molecule has 5 rings (SSSR count). The first-order chi connectivity index (χ1) is 17.9. The highest BCUT2D eigenvalue weighted by Gasteiger charge is 2.16. The Hall–Kier alpha value is -4.63. The molecule has 0 spiro atoms. The molecule has 37 heavy (non-hydrogen) atoms. The molecule has 1 amide bonds. The van der Waals surface area contributed by atoms with Gasteiger partial charge in [0.1, 0.15) is 33.2 Å². The fourth-order valence-electron chi connectivity index (χ4n) is 3.72. The highest BCUT2D eigenvalue weighted by Crippen LogP contribution is 2.29. The standard InChI is InChI=1S/C28H25N7OS/c1-17-13-14-29-23(15-17)35-25-16-24(31-19(3)32-25)33-21-9-11-22(12-10-21)34-27(36)26-18(2)30-28(37-26)20-7-5-4-6-8-20/h4-16H,1-3H3,(H,34,36)(H2,29,31,32,33,35). The van der Waals surface area contributed by atoms with Gasteiger partial charge in [0.15, 0.2) is 0 Å². The summed E-state index contributed by atoms with van der Waals surface area (Å²) in [5.41, 5.74) is 4.34. The van der Waals surface area contributed by atoms with Crippen molar-refractivity contribution >= 4 is 46.1 Å². The number of anilines is 5. The van der Waals surface area contributed by atoms with E-state index in [1.54, 1.807) is 6.20 Å². The monoisotopic (exact) mass is 507 g/mol. The number of hydrogen-bond donors (Lipinski definition) is 3. The molecule has 0 atom stereocenters. The van der Waals surface area contributed by atoms with Crippen molar-refractivity contribution in [2.45, 2.75) is 20.8 Å². The number of nitrogens with one attached hydrogen (secondary N) is 3. The molecule has 5 aromatic rings. The first-order valence-electron chi connectivity index (χ1n) is 11.7. The number of aromatic nitrogens is 4. The van der Waals surface area contributed by atoms with Crippen LogP contribution >= 0.6 is 11.3 Å². The van der Waals surface area contributed by atoms with Crippen LogP contribution in [0.4, 0.5) is 28.8 Å². The number of carbonyl (C=O) groups is 1. The van der Waals surface area contributed by atoms with Crippen molar-refractivity contribution < 1.29 is 4.79 Å². The van der Waals surface area contributed by atoms with Crippen LogP contribution < -0.4 is 16.0 Å². The minimum absolute atomic E-state index is 0.176. The number of nitrogens with zero attached hydrogens (tertiary/aromatic N) is 4. The lowest BCUT2D eigenvalue weighted by molar-refractivity contribution is 0.103. The van der Waals surface area contributed by atoms with E-state index in [0.717, 1.165) is 27.6 Å². The van der Waals surface area contributed by atoms with Crippen LogP contribution in [0.5, 0.6) is 0 Å². The van der Waals surface area contributed by atoms with E-state index in [9.17, 15) is 4.79 Å². The topological polar surface area (TPSA) is 105 Å². The maximum Gasteiger partial charge on any atom is 0.267 e. The van der Waals surface area contributed by atoms with Crippen molar-refractivity contribution in [1.29, 1.82) is 0 Å². The molecule has 0 unspecified atom stereocenters. The lowest BCUT2D eigenvalue weighted by Crippen LogP contribution is -2.11. The van der Waals surface area contributed by atoms with Gasteiger partial charge in [-0.1, -0.05) is 30.3 Å². The SMILES string of the molecule is Cc1ccnc(Nc2cc(Nc3ccc(NC(=O)c4sc(-c5ccccc5)nc4C)cc3)nc(C)n2)c1. The number of aryl methyl sites for hydroxylation is 3. The number of amides is 1. The second-order valence-corrected chi connectivity index (χ2v) is 9.48. The number of hydrogen-bond acceptors (Lipinski definition) is 8. The Kier molecular flexibility index (Phi) is 6.87. The van der Waals surface area contributed by atoms with E-state index >= 15 is 0 Å². The molecule has 0 aliphatic rings. The summed E-state index contributed by atoms with van der Waals surface area (Å²) < 4.78 is 0. The van der Waals surface area contributed by atoms with Crippen LogP contribution in [0, 0.1) is 20.8 Å². The molecule has 3 aromatic heterocycles. The lowest BCUT2D eigenvalue weighted by atomic mass is 10.2. The van der Waals surface area contributed by atoms with E-state index in [4.69, 9.17) is 0 Å². The molecule has 0 radical (unpaired) electrons. The zero-order valence-corrected chi connectivity index (χ0v) is 21.4. The molecule has 3 heterocycles. The quantitative estimate of drug-likeness (QED) is 0.226. The van der Waals surface area contributed by atoms with Crippen LogP contribution in [-0.2, 0) is 0 Å². The van der Waals surface area contributed by atoms with Crippen molar-refractivity contribution in [3.63, 3.8) is 0 Å². The molecular formula is C28H25N7OS. The van der Waals surface area contributed by atoms with Crippen LogP contribution in [-0.4, -0.2) is 25.8 Å². The second kappa shape index (κ2) is 10.5. The number of benzene rings is 2. The summed E-state index contributed by atoms with van der Waals surface area (Å²) >= 11 is 1.39. The summed E-state index contributed by atoms with van der Waals surface area (Å²) in [7, 11) is 0. The smallest absolute Gasteiger partial charge is 0.267 e. The third kappa shape index (κ3) is 5.96. The van der Waals surface area contributed by atoms with E-state index in [0.29, 0.717) is 33.7 Å². The Morgan fingerprint density at radius 3 is 2.19 bits per heavy atom. The summed E-state index contributed by atoms with van der Waals surface area (Å²) in [5, 5.41) is 10.3. The van der Waals surface area contributed by atoms with Crippen molar-refractivity contribution in [3.05, 3.63) is 101 Å². The van der Waals surface area contributed by atoms with Gasteiger partial charge in [0.2, 0.25) is 0 Å². The summed E-state index contributed by atoms with van der Waals surface area (Å²) in [5.74, 6) is 2.46. The molecule has 8 nitrogen and oxygen atoms in total. The lowest BCUT2D eigenvalue weighted by Gasteiger charge is -2.11. The first-order valence-corrected chi connectivity index (χ1v) is 12.5. The normalized spacial score (nSPS) is 10.7. The van der Waals surface area contributed by atoms with E-state index in [-0.39, 0.29) is 5.91 Å². The molecule has 3 N–H and O–H groups in total. The Balaban J connectivity index is 1.25. The van der Waals surface area contributed by atoms with Crippen molar-refractivity contribution in [2.75, 3.05) is 16.0 Å². The van der Waals surface area contributed by atoms with Gasteiger partial charge in [-0.05, 0) is 62.7 Å². The van der Waals surface area contributed by atoms with Crippen LogP contribution in [0.2, 0.25) is 0 Å². The fraction of sp³-hybridized carbons (Fsp3) is 0.107. The maximum atomic E-state index is 12.9. The Bertz CT molecular complexity index is 1550. The van der Waals surface area contributed by atoms with Crippen LogP contribution in [0.15, 0.2) is 79.0 Å². The molecule has 2 aromatic carbocycles. The summed E-state index contributed by atoms with van der Waals surface area (Å²) in [6.07, 6.45) is 1.75. The molecule has 184 valence electrons. The van der Waals surface area contributed by atoms with Gasteiger partial charge >= 0.3 is 0 Å². The van der Waals surface area contributed by atoms with Gasteiger partial charge in [-0.3, -0.25) is 4.79 Å². The van der Waals surface area contributed by atoms with Crippen LogP contribution in [0.25, 0.3) is 10.6 Å². The molecule has 9 heteroatoms. The van der Waals surface area contributed by atoms with Gasteiger partial charge in [-0.15, -0.1) is 11.3 Å². The van der Waals surface area contributed by atoms with E-state index in [1.165, 1.54) is 11.3 Å². The molecule has 0 saturated carbocycles. The van der Waals surface area contributed by atoms with Crippen LogP contribution in [0.3, 0.4) is 0 Å².